The van der Waals surface area contributed by atoms with Crippen molar-refractivity contribution in [1.82, 2.24) is 10.3 Å². The lowest BCUT2D eigenvalue weighted by atomic mass is 10.0. The topological polar surface area (TPSA) is 57.1 Å². The van der Waals surface area contributed by atoms with Gasteiger partial charge in [0.05, 0.1) is 5.36 Å². The van der Waals surface area contributed by atoms with Gasteiger partial charge in [0.2, 0.25) is 0 Å². The van der Waals surface area contributed by atoms with E-state index in [1.54, 1.807) is 5.01 Å². The molecule has 0 bridgehead atoms. The fourth-order valence-corrected chi connectivity index (χ4v) is 4.67. The maximum absolute atomic E-state index is 13.2. The summed E-state index contributed by atoms with van der Waals surface area (Å²) in [6.07, 6.45) is -0.386. The third kappa shape index (κ3) is 3.75. The van der Waals surface area contributed by atoms with Gasteiger partial charge in [0.15, 0.2) is 11.3 Å². The van der Waals surface area contributed by atoms with Crippen molar-refractivity contribution in [2.75, 3.05) is 0 Å². The zero-order valence-electron chi connectivity index (χ0n) is 17.4. The van der Waals surface area contributed by atoms with Crippen molar-refractivity contribution in [3.63, 3.8) is 0 Å². The van der Waals surface area contributed by atoms with Crippen LogP contribution in [0.25, 0.3) is 5.70 Å². The van der Waals surface area contributed by atoms with Crippen LogP contribution in [-0.2, 0) is 10.5 Å². The number of rotatable bonds is 3. The summed E-state index contributed by atoms with van der Waals surface area (Å²) in [7, 11) is 0. The molecule has 5 nitrogen and oxygen atoms in total. The number of aryl methyl sites for hydroxylation is 2. The maximum atomic E-state index is 13.2. The Hall–Kier alpha value is -3.38. The van der Waals surface area contributed by atoms with Crippen molar-refractivity contribution in [3.8, 4) is 0 Å². The number of benzene rings is 3. The van der Waals surface area contributed by atoms with E-state index in [9.17, 15) is 4.79 Å². The number of amides is 1. The molecule has 2 aliphatic rings. The van der Waals surface area contributed by atoms with Crippen molar-refractivity contribution < 1.29 is 4.79 Å². The summed E-state index contributed by atoms with van der Waals surface area (Å²) in [5.41, 5.74) is 5.05. The third-order valence-electron chi connectivity index (χ3n) is 5.45. The molecule has 0 fully saturated rings. The Labute approximate surface area is 185 Å². The van der Waals surface area contributed by atoms with Crippen molar-refractivity contribution >= 4 is 28.5 Å². The molecule has 0 aromatic heterocycles. The average Bonchev–Trinajstić information content (AvgIpc) is 2.79. The summed E-state index contributed by atoms with van der Waals surface area (Å²) in [4.78, 5) is 18.2. The van der Waals surface area contributed by atoms with Gasteiger partial charge in [-0.25, -0.2) is 5.01 Å². The molecule has 3 aromatic carbocycles. The molecule has 3 aromatic rings. The number of nitrogens with zero attached hydrogens (tertiary/aromatic N) is 3. The Balaban J connectivity index is 1.60. The predicted octanol–water partition coefficient (Wildman–Crippen LogP) is 3.38. The third-order valence-corrected chi connectivity index (χ3v) is 6.38. The molecule has 0 saturated carbocycles. The molecule has 31 heavy (non-hydrogen) atoms. The van der Waals surface area contributed by atoms with E-state index in [0.717, 1.165) is 33.0 Å². The molecule has 154 valence electrons. The van der Waals surface area contributed by atoms with Crippen LogP contribution in [-0.4, -0.2) is 16.1 Å². The lowest BCUT2D eigenvalue weighted by Crippen LogP contribution is -2.50. The van der Waals surface area contributed by atoms with Crippen LogP contribution in [0.5, 0.6) is 0 Å². The molecule has 6 heteroatoms. The Bertz CT molecular complexity index is 1320. The van der Waals surface area contributed by atoms with E-state index in [1.165, 1.54) is 17.3 Å². The molecule has 0 aliphatic carbocycles. The molecule has 5 rings (SSSR count). The molecule has 0 saturated heterocycles. The van der Waals surface area contributed by atoms with E-state index in [4.69, 9.17) is 10.1 Å². The van der Waals surface area contributed by atoms with Crippen LogP contribution in [0.4, 0.5) is 0 Å². The number of amidine groups is 1. The number of carbonyl (C=O) groups excluding carboxylic acids is 1. The fraction of sp³-hybridized carbons (Fsp3) is 0.160. The highest BCUT2D eigenvalue weighted by Crippen LogP contribution is 2.33. The molecule has 2 heterocycles. The predicted molar refractivity (Wildman–Crippen MR) is 124 cm³/mol. The number of hydrogen-bond donors (Lipinski definition) is 1. The van der Waals surface area contributed by atoms with Gasteiger partial charge in [-0.2, -0.15) is 0 Å². The second-order valence-electron chi connectivity index (χ2n) is 7.71. The summed E-state index contributed by atoms with van der Waals surface area (Å²) >= 11 is 1.52. The quantitative estimate of drug-likeness (QED) is 0.699. The lowest BCUT2D eigenvalue weighted by molar-refractivity contribution is -0.116. The minimum atomic E-state index is -0.386. The minimum Gasteiger partial charge on any atom is -0.298 e. The first-order valence-electron chi connectivity index (χ1n) is 10.2. The zero-order valence-corrected chi connectivity index (χ0v) is 18.2. The summed E-state index contributed by atoms with van der Waals surface area (Å²) < 4.78 is 0. The number of para-hydroxylation sites is 1. The van der Waals surface area contributed by atoms with Gasteiger partial charge in [0, 0.05) is 16.5 Å². The second kappa shape index (κ2) is 8.04. The summed E-state index contributed by atoms with van der Waals surface area (Å²) in [5, 5.41) is 11.8. The fourth-order valence-electron chi connectivity index (χ4n) is 3.86. The second-order valence-corrected chi connectivity index (χ2v) is 8.67. The Morgan fingerprint density at radius 1 is 1.00 bits per heavy atom. The van der Waals surface area contributed by atoms with Gasteiger partial charge < -0.3 is 0 Å². The van der Waals surface area contributed by atoms with E-state index in [1.807, 2.05) is 42.5 Å². The molecule has 2 aliphatic heterocycles. The maximum Gasteiger partial charge on any atom is 0.276 e. The number of carbonyl (C=O) groups is 1. The van der Waals surface area contributed by atoms with Gasteiger partial charge in [-0.3, -0.25) is 15.1 Å². The largest absolute Gasteiger partial charge is 0.298 e. The molecule has 1 atom stereocenters. The van der Waals surface area contributed by atoms with Gasteiger partial charge in [-0.15, -0.1) is 5.10 Å². The van der Waals surface area contributed by atoms with Crippen LogP contribution in [0.1, 0.15) is 28.4 Å². The van der Waals surface area contributed by atoms with E-state index in [0.29, 0.717) is 10.9 Å². The van der Waals surface area contributed by atoms with Crippen LogP contribution >= 0.6 is 11.8 Å². The summed E-state index contributed by atoms with van der Waals surface area (Å²) in [6.45, 7) is 4.14. The van der Waals surface area contributed by atoms with Gasteiger partial charge in [0.1, 0.15) is 5.70 Å². The Kier molecular flexibility index (Phi) is 5.08. The molecule has 1 N–H and O–H groups in total. The molecular weight excluding hydrogens is 404 g/mol. The first-order chi connectivity index (χ1) is 15.1. The van der Waals surface area contributed by atoms with Crippen LogP contribution in [0, 0.1) is 13.8 Å². The van der Waals surface area contributed by atoms with E-state index >= 15 is 0 Å². The van der Waals surface area contributed by atoms with E-state index in [-0.39, 0.29) is 12.1 Å². The lowest BCUT2D eigenvalue weighted by Gasteiger charge is -2.34. The van der Waals surface area contributed by atoms with Crippen molar-refractivity contribution in [1.29, 1.82) is 0 Å². The van der Waals surface area contributed by atoms with Gasteiger partial charge in [0.25, 0.3) is 5.91 Å². The normalized spacial score (nSPS) is 17.3. The van der Waals surface area contributed by atoms with Crippen molar-refractivity contribution in [3.05, 3.63) is 106 Å². The van der Waals surface area contributed by atoms with Gasteiger partial charge >= 0.3 is 0 Å². The SMILES string of the molecule is Cc1ccc(C)c(C2N=c3ccccc3=C3C(=O)NC(SCc4ccccc4)=NN32)c1. The zero-order chi connectivity index (χ0) is 21.4. The number of fused-ring (bicyclic) bond motifs is 2. The standard InChI is InChI=1S/C25H22N4OS/c1-16-12-13-17(2)20(14-16)23-26-21-11-7-6-10-19(21)22-24(30)27-25(28-29(22)23)31-15-18-8-4-3-5-9-18/h3-14,23H,15H2,1-2H3,(H,27,28,30). The monoisotopic (exact) mass is 426 g/mol. The first-order valence-corrected chi connectivity index (χ1v) is 11.2. The number of hydrogen-bond acceptors (Lipinski definition) is 5. The highest BCUT2D eigenvalue weighted by atomic mass is 32.2. The highest BCUT2D eigenvalue weighted by Gasteiger charge is 2.35. The molecule has 0 spiro atoms. The van der Waals surface area contributed by atoms with Crippen LogP contribution in [0.15, 0.2) is 82.9 Å². The Morgan fingerprint density at radius 3 is 2.61 bits per heavy atom. The van der Waals surface area contributed by atoms with Gasteiger partial charge in [-0.05, 0) is 31.0 Å². The van der Waals surface area contributed by atoms with Crippen LogP contribution < -0.4 is 15.9 Å². The number of hydrazone groups is 1. The first kappa shape index (κ1) is 19.6. The van der Waals surface area contributed by atoms with Crippen molar-refractivity contribution in [2.24, 2.45) is 10.1 Å². The van der Waals surface area contributed by atoms with E-state index < -0.39 is 0 Å². The molecular formula is C25H22N4OS. The van der Waals surface area contributed by atoms with Crippen LogP contribution in [0.2, 0.25) is 0 Å². The summed E-state index contributed by atoms with van der Waals surface area (Å²) in [6, 6.07) is 24.2. The molecule has 1 unspecified atom stereocenters. The van der Waals surface area contributed by atoms with E-state index in [2.05, 4.69) is 49.5 Å². The molecule has 1 amide bonds. The van der Waals surface area contributed by atoms with Crippen LogP contribution in [0.3, 0.4) is 0 Å². The highest BCUT2D eigenvalue weighted by molar-refractivity contribution is 8.13. The number of thioether (sulfide) groups is 1. The van der Waals surface area contributed by atoms with Gasteiger partial charge in [-0.1, -0.05) is 84.1 Å². The van der Waals surface area contributed by atoms with Crippen molar-refractivity contribution in [2.45, 2.75) is 25.8 Å². The summed E-state index contributed by atoms with van der Waals surface area (Å²) in [5.74, 6) is 0.577. The number of nitrogens with one attached hydrogen (secondary N) is 1. The molecule has 0 radical (unpaired) electrons. The Morgan fingerprint density at radius 2 is 1.77 bits per heavy atom. The average molecular weight is 427 g/mol. The minimum absolute atomic E-state index is 0.150. The smallest absolute Gasteiger partial charge is 0.276 e.